The van der Waals surface area contributed by atoms with E-state index in [0.717, 1.165) is 43.3 Å². The van der Waals surface area contributed by atoms with Crippen LogP contribution in [0.5, 0.6) is 5.75 Å². The van der Waals surface area contributed by atoms with Crippen LogP contribution in [0.4, 0.5) is 5.69 Å². The Morgan fingerprint density at radius 2 is 2.22 bits per heavy atom. The van der Waals surface area contributed by atoms with Crippen molar-refractivity contribution in [2.75, 3.05) is 38.3 Å². The van der Waals surface area contributed by atoms with E-state index in [9.17, 15) is 0 Å². The minimum absolute atomic E-state index is 0.609. The molecule has 1 unspecified atom stereocenters. The largest absolute Gasteiger partial charge is 0.494 e. The van der Waals surface area contributed by atoms with Crippen molar-refractivity contribution >= 4 is 16.6 Å². The number of methoxy groups -OCH3 is 1. The molecular formula is C19H26N2O2. The lowest BCUT2D eigenvalue weighted by atomic mass is 9.97. The molecule has 124 valence electrons. The lowest BCUT2D eigenvalue weighted by molar-refractivity contribution is 0.104. The van der Waals surface area contributed by atoms with Gasteiger partial charge in [0.15, 0.2) is 0 Å². The normalized spacial score (nSPS) is 18.4. The molecule has 4 heteroatoms. The van der Waals surface area contributed by atoms with Crippen molar-refractivity contribution in [3.63, 3.8) is 0 Å². The Morgan fingerprint density at radius 1 is 1.35 bits per heavy atom. The summed E-state index contributed by atoms with van der Waals surface area (Å²) in [6, 6.07) is 8.37. The number of aromatic nitrogens is 1. The van der Waals surface area contributed by atoms with Crippen molar-refractivity contribution < 1.29 is 9.47 Å². The second-order valence-electron chi connectivity index (χ2n) is 6.25. The number of piperidine rings is 1. The molecule has 0 aliphatic carbocycles. The van der Waals surface area contributed by atoms with Crippen LogP contribution in [-0.4, -0.2) is 38.4 Å². The molecule has 1 aliphatic rings. The van der Waals surface area contributed by atoms with Gasteiger partial charge in [0.05, 0.1) is 13.7 Å². The fourth-order valence-electron chi connectivity index (χ4n) is 3.46. The SMILES string of the molecule is CCOCC1CCCN(c2cc(C)nc3c(OC)cccc23)C1. The average molecular weight is 314 g/mol. The van der Waals surface area contributed by atoms with E-state index >= 15 is 0 Å². The molecule has 1 fully saturated rings. The zero-order chi connectivity index (χ0) is 16.2. The number of hydrogen-bond donors (Lipinski definition) is 0. The van der Waals surface area contributed by atoms with Crippen LogP contribution in [-0.2, 0) is 4.74 Å². The van der Waals surface area contributed by atoms with E-state index in [4.69, 9.17) is 14.5 Å². The molecule has 4 nitrogen and oxygen atoms in total. The maximum Gasteiger partial charge on any atom is 0.145 e. The Morgan fingerprint density at radius 3 is 3.00 bits per heavy atom. The van der Waals surface area contributed by atoms with Gasteiger partial charge in [-0.3, -0.25) is 0 Å². The first-order valence-corrected chi connectivity index (χ1v) is 8.50. The Hall–Kier alpha value is -1.81. The molecular weight excluding hydrogens is 288 g/mol. The van der Waals surface area contributed by atoms with Crippen LogP contribution in [0.15, 0.2) is 24.3 Å². The van der Waals surface area contributed by atoms with Gasteiger partial charge in [0, 0.05) is 36.5 Å². The quantitative estimate of drug-likeness (QED) is 0.840. The molecule has 2 heterocycles. The Kier molecular flexibility index (Phi) is 5.01. The molecule has 1 aromatic carbocycles. The first kappa shape index (κ1) is 16.1. The van der Waals surface area contributed by atoms with E-state index in [-0.39, 0.29) is 0 Å². The lowest BCUT2D eigenvalue weighted by Gasteiger charge is -2.35. The van der Waals surface area contributed by atoms with Gasteiger partial charge in [-0.15, -0.1) is 0 Å². The van der Waals surface area contributed by atoms with Crippen LogP contribution < -0.4 is 9.64 Å². The molecule has 1 aliphatic heterocycles. The number of pyridine rings is 1. The van der Waals surface area contributed by atoms with Gasteiger partial charge in [-0.2, -0.15) is 0 Å². The molecule has 0 amide bonds. The van der Waals surface area contributed by atoms with Crippen LogP contribution >= 0.6 is 0 Å². The summed E-state index contributed by atoms with van der Waals surface area (Å²) in [7, 11) is 1.71. The smallest absolute Gasteiger partial charge is 0.145 e. The molecule has 3 rings (SSSR count). The van der Waals surface area contributed by atoms with Gasteiger partial charge in [-0.25, -0.2) is 4.98 Å². The predicted molar refractivity (Wildman–Crippen MR) is 94.5 cm³/mol. The highest BCUT2D eigenvalue weighted by molar-refractivity contribution is 5.95. The highest BCUT2D eigenvalue weighted by Crippen LogP contribution is 2.34. The summed E-state index contributed by atoms with van der Waals surface area (Å²) in [5.41, 5.74) is 3.26. The average Bonchev–Trinajstić information content (AvgIpc) is 2.59. The molecule has 23 heavy (non-hydrogen) atoms. The van der Waals surface area contributed by atoms with Crippen LogP contribution in [0.25, 0.3) is 10.9 Å². The van der Waals surface area contributed by atoms with Crippen molar-refractivity contribution in [2.24, 2.45) is 5.92 Å². The first-order valence-electron chi connectivity index (χ1n) is 8.50. The monoisotopic (exact) mass is 314 g/mol. The number of para-hydroxylation sites is 1. The third kappa shape index (κ3) is 3.42. The van der Waals surface area contributed by atoms with Gasteiger partial charge in [-0.05, 0) is 44.7 Å². The number of ether oxygens (including phenoxy) is 2. The molecule has 0 bridgehead atoms. The fraction of sp³-hybridized carbons (Fsp3) is 0.526. The highest BCUT2D eigenvalue weighted by atomic mass is 16.5. The van der Waals surface area contributed by atoms with Crippen LogP contribution in [0.1, 0.15) is 25.5 Å². The first-order chi connectivity index (χ1) is 11.2. The van der Waals surface area contributed by atoms with Crippen molar-refractivity contribution in [2.45, 2.75) is 26.7 Å². The molecule has 0 radical (unpaired) electrons. The molecule has 0 spiro atoms. The van der Waals surface area contributed by atoms with Gasteiger partial charge in [0.1, 0.15) is 11.3 Å². The molecule has 2 aromatic rings. The molecule has 1 atom stereocenters. The second kappa shape index (κ2) is 7.18. The van der Waals surface area contributed by atoms with Crippen molar-refractivity contribution in [1.82, 2.24) is 4.98 Å². The summed E-state index contributed by atoms with van der Waals surface area (Å²) >= 11 is 0. The number of fused-ring (bicyclic) bond motifs is 1. The van der Waals surface area contributed by atoms with E-state index < -0.39 is 0 Å². The molecule has 0 N–H and O–H groups in total. The van der Waals surface area contributed by atoms with E-state index in [1.807, 2.05) is 12.1 Å². The number of anilines is 1. The maximum absolute atomic E-state index is 5.65. The van der Waals surface area contributed by atoms with Crippen LogP contribution in [0.2, 0.25) is 0 Å². The Balaban J connectivity index is 1.95. The van der Waals surface area contributed by atoms with Gasteiger partial charge < -0.3 is 14.4 Å². The number of aryl methyl sites for hydroxylation is 1. The van der Waals surface area contributed by atoms with Crippen LogP contribution in [0, 0.1) is 12.8 Å². The summed E-state index contributed by atoms with van der Waals surface area (Å²) < 4.78 is 11.1. The van der Waals surface area contributed by atoms with Gasteiger partial charge in [0.2, 0.25) is 0 Å². The lowest BCUT2D eigenvalue weighted by Crippen LogP contribution is -2.37. The molecule has 1 saturated heterocycles. The highest BCUT2D eigenvalue weighted by Gasteiger charge is 2.22. The van der Waals surface area contributed by atoms with Crippen molar-refractivity contribution in [3.05, 3.63) is 30.0 Å². The van der Waals surface area contributed by atoms with Crippen molar-refractivity contribution in [1.29, 1.82) is 0 Å². The summed E-state index contributed by atoms with van der Waals surface area (Å²) in [4.78, 5) is 7.18. The third-order valence-electron chi connectivity index (χ3n) is 4.55. The summed E-state index contributed by atoms with van der Waals surface area (Å²) in [5, 5.41) is 1.17. The third-order valence-corrected chi connectivity index (χ3v) is 4.55. The Bertz CT molecular complexity index is 672. The topological polar surface area (TPSA) is 34.6 Å². The zero-order valence-electron chi connectivity index (χ0n) is 14.3. The predicted octanol–water partition coefficient (Wildman–Crippen LogP) is 3.80. The van der Waals surface area contributed by atoms with Gasteiger partial charge >= 0.3 is 0 Å². The standard InChI is InChI=1S/C19H26N2O2/c1-4-23-13-15-7-6-10-21(12-15)17-11-14(2)20-19-16(17)8-5-9-18(19)22-3/h5,8-9,11,15H,4,6-7,10,12-13H2,1-3H3. The summed E-state index contributed by atoms with van der Waals surface area (Å²) in [6.07, 6.45) is 2.46. The van der Waals surface area contributed by atoms with Crippen molar-refractivity contribution in [3.8, 4) is 5.75 Å². The summed E-state index contributed by atoms with van der Waals surface area (Å²) in [6.45, 7) is 7.92. The van der Waals surface area contributed by atoms with Gasteiger partial charge in [-0.1, -0.05) is 12.1 Å². The summed E-state index contributed by atoms with van der Waals surface area (Å²) in [5.74, 6) is 1.45. The molecule has 0 saturated carbocycles. The fourth-order valence-corrected chi connectivity index (χ4v) is 3.46. The second-order valence-corrected chi connectivity index (χ2v) is 6.25. The molecule has 1 aromatic heterocycles. The van der Waals surface area contributed by atoms with E-state index in [1.165, 1.54) is 23.9 Å². The van der Waals surface area contributed by atoms with E-state index in [1.54, 1.807) is 7.11 Å². The number of nitrogens with zero attached hydrogens (tertiary/aromatic N) is 2. The van der Waals surface area contributed by atoms with E-state index in [0.29, 0.717) is 5.92 Å². The van der Waals surface area contributed by atoms with Gasteiger partial charge in [0.25, 0.3) is 0 Å². The maximum atomic E-state index is 5.65. The zero-order valence-corrected chi connectivity index (χ0v) is 14.3. The Labute approximate surface area is 138 Å². The number of rotatable bonds is 5. The minimum Gasteiger partial charge on any atom is -0.494 e. The minimum atomic E-state index is 0.609. The van der Waals surface area contributed by atoms with E-state index in [2.05, 4.69) is 30.9 Å². The van der Waals surface area contributed by atoms with Crippen LogP contribution in [0.3, 0.4) is 0 Å². The number of hydrogen-bond acceptors (Lipinski definition) is 4. The number of benzene rings is 1.